The van der Waals surface area contributed by atoms with Gasteiger partial charge in [0.05, 0.1) is 11.1 Å². The number of carboxylic acid groups (broad SMARTS) is 1. The maximum atomic E-state index is 11.7. The Morgan fingerprint density at radius 1 is 1.17 bits per heavy atom. The monoisotopic (exact) mass is 305 g/mol. The summed E-state index contributed by atoms with van der Waals surface area (Å²) in [5, 5.41) is 14.5. The van der Waals surface area contributed by atoms with Gasteiger partial charge in [0.15, 0.2) is 5.65 Å². The second-order valence-electron chi connectivity index (χ2n) is 5.06. The van der Waals surface area contributed by atoms with Crippen LogP contribution in [0.1, 0.15) is 10.4 Å². The number of carboxylic acids is 1. The van der Waals surface area contributed by atoms with Crippen molar-refractivity contribution < 1.29 is 9.90 Å². The Balaban J connectivity index is 2.10. The van der Waals surface area contributed by atoms with E-state index >= 15 is 0 Å². The molecule has 0 aliphatic carbocycles. The van der Waals surface area contributed by atoms with Gasteiger partial charge in [-0.1, -0.05) is 24.3 Å². The van der Waals surface area contributed by atoms with Gasteiger partial charge < -0.3 is 10.8 Å². The van der Waals surface area contributed by atoms with E-state index in [0.717, 1.165) is 16.5 Å². The van der Waals surface area contributed by atoms with Crippen LogP contribution in [0.15, 0.2) is 48.8 Å². The first-order valence-electron chi connectivity index (χ1n) is 6.87. The zero-order valence-electron chi connectivity index (χ0n) is 11.8. The molecule has 4 aromatic rings. The summed E-state index contributed by atoms with van der Waals surface area (Å²) < 4.78 is 1.47. The number of nitrogen functional groups attached to an aromatic ring is 1. The highest BCUT2D eigenvalue weighted by Crippen LogP contribution is 2.30. The third-order valence-electron chi connectivity index (χ3n) is 3.64. The van der Waals surface area contributed by atoms with Gasteiger partial charge in [0.25, 0.3) is 0 Å². The SMILES string of the molecule is Nc1nc2cc(C(=O)O)c(-c3cccc4cccnc34)cn2n1. The van der Waals surface area contributed by atoms with Gasteiger partial charge in [-0.15, -0.1) is 5.10 Å². The molecule has 0 atom stereocenters. The Morgan fingerprint density at radius 2 is 2.00 bits per heavy atom. The number of pyridine rings is 2. The van der Waals surface area contributed by atoms with Crippen molar-refractivity contribution in [2.24, 2.45) is 0 Å². The summed E-state index contributed by atoms with van der Waals surface area (Å²) in [5.74, 6) is -0.952. The van der Waals surface area contributed by atoms with Crippen LogP contribution in [0.5, 0.6) is 0 Å². The van der Waals surface area contributed by atoms with Crippen molar-refractivity contribution in [2.75, 3.05) is 5.73 Å². The van der Waals surface area contributed by atoms with E-state index < -0.39 is 5.97 Å². The van der Waals surface area contributed by atoms with Crippen molar-refractivity contribution in [1.29, 1.82) is 0 Å². The number of fused-ring (bicyclic) bond motifs is 2. The first-order chi connectivity index (χ1) is 11.1. The molecule has 0 aliphatic rings. The van der Waals surface area contributed by atoms with Crippen LogP contribution in [0, 0.1) is 0 Å². The Labute approximate surface area is 130 Å². The molecule has 0 saturated heterocycles. The number of nitrogens with two attached hydrogens (primary N) is 1. The molecule has 7 heteroatoms. The fourth-order valence-electron chi connectivity index (χ4n) is 2.66. The minimum absolute atomic E-state index is 0.0922. The number of nitrogens with zero attached hydrogens (tertiary/aromatic N) is 4. The van der Waals surface area contributed by atoms with Crippen molar-refractivity contribution in [3.05, 3.63) is 54.4 Å². The topological polar surface area (TPSA) is 106 Å². The van der Waals surface area contributed by atoms with Crippen molar-refractivity contribution in [1.82, 2.24) is 19.6 Å². The fourth-order valence-corrected chi connectivity index (χ4v) is 2.66. The summed E-state index contributed by atoms with van der Waals surface area (Å²) >= 11 is 0. The van der Waals surface area contributed by atoms with E-state index in [-0.39, 0.29) is 11.5 Å². The highest BCUT2D eigenvalue weighted by Gasteiger charge is 2.17. The summed E-state index contributed by atoms with van der Waals surface area (Å²) in [7, 11) is 0. The Hall–Kier alpha value is -3.48. The maximum absolute atomic E-state index is 11.7. The van der Waals surface area contributed by atoms with Crippen LogP contribution < -0.4 is 5.73 Å². The molecule has 0 bridgehead atoms. The summed E-state index contributed by atoms with van der Waals surface area (Å²) in [6.07, 6.45) is 3.30. The average Bonchev–Trinajstić information content (AvgIpc) is 2.92. The van der Waals surface area contributed by atoms with Gasteiger partial charge in [-0.3, -0.25) is 4.98 Å². The lowest BCUT2D eigenvalue weighted by Crippen LogP contribution is -2.03. The Kier molecular flexibility index (Phi) is 2.74. The third-order valence-corrected chi connectivity index (χ3v) is 3.64. The highest BCUT2D eigenvalue weighted by atomic mass is 16.4. The van der Waals surface area contributed by atoms with Crippen LogP contribution in [0.4, 0.5) is 5.95 Å². The molecular weight excluding hydrogens is 294 g/mol. The summed E-state index contributed by atoms with van der Waals surface area (Å²) in [5.41, 5.74) is 8.07. The number of aromatic nitrogens is 4. The molecule has 7 nitrogen and oxygen atoms in total. The van der Waals surface area contributed by atoms with Crippen molar-refractivity contribution in [2.45, 2.75) is 0 Å². The van der Waals surface area contributed by atoms with Gasteiger partial charge in [0, 0.05) is 28.9 Å². The quantitative estimate of drug-likeness (QED) is 0.588. The molecule has 0 saturated carbocycles. The summed E-state index contributed by atoms with van der Waals surface area (Å²) in [6, 6.07) is 10.9. The lowest BCUT2D eigenvalue weighted by Gasteiger charge is -2.09. The molecule has 1 aromatic carbocycles. The van der Waals surface area contributed by atoms with E-state index in [1.807, 2.05) is 30.3 Å². The van der Waals surface area contributed by atoms with Gasteiger partial charge in [-0.25, -0.2) is 9.31 Å². The second-order valence-corrected chi connectivity index (χ2v) is 5.06. The number of anilines is 1. The summed E-state index contributed by atoms with van der Waals surface area (Å²) in [6.45, 7) is 0. The highest BCUT2D eigenvalue weighted by molar-refractivity contribution is 6.02. The normalized spacial score (nSPS) is 11.1. The first kappa shape index (κ1) is 13.2. The fraction of sp³-hybridized carbons (Fsp3) is 0. The predicted molar refractivity (Wildman–Crippen MR) is 85.1 cm³/mol. The predicted octanol–water partition coefficient (Wildman–Crippen LogP) is 2.22. The Bertz CT molecular complexity index is 1070. The van der Waals surface area contributed by atoms with Gasteiger partial charge in [0.1, 0.15) is 0 Å². The van der Waals surface area contributed by atoms with E-state index in [4.69, 9.17) is 5.73 Å². The number of carbonyl (C=O) groups is 1. The molecule has 0 unspecified atom stereocenters. The van der Waals surface area contributed by atoms with Crippen LogP contribution in [0.3, 0.4) is 0 Å². The van der Waals surface area contributed by atoms with Crippen molar-refractivity contribution >= 4 is 28.5 Å². The van der Waals surface area contributed by atoms with E-state index in [2.05, 4.69) is 15.1 Å². The number of aromatic carboxylic acids is 1. The van der Waals surface area contributed by atoms with Gasteiger partial charge in [-0.2, -0.15) is 4.98 Å². The number of rotatable bonds is 2. The van der Waals surface area contributed by atoms with E-state index in [1.165, 1.54) is 10.6 Å². The molecule has 0 radical (unpaired) electrons. The van der Waals surface area contributed by atoms with Gasteiger partial charge in [-0.05, 0) is 12.1 Å². The number of para-hydroxylation sites is 1. The number of hydrogen-bond donors (Lipinski definition) is 2. The number of hydrogen-bond acceptors (Lipinski definition) is 5. The van der Waals surface area contributed by atoms with Crippen molar-refractivity contribution in [3.8, 4) is 11.1 Å². The Morgan fingerprint density at radius 3 is 2.83 bits per heavy atom. The summed E-state index contributed by atoms with van der Waals surface area (Å²) in [4.78, 5) is 20.1. The van der Waals surface area contributed by atoms with Gasteiger partial charge in [0.2, 0.25) is 5.95 Å². The van der Waals surface area contributed by atoms with E-state index in [1.54, 1.807) is 12.4 Å². The van der Waals surface area contributed by atoms with Crippen LogP contribution >= 0.6 is 0 Å². The van der Waals surface area contributed by atoms with Crippen molar-refractivity contribution in [3.63, 3.8) is 0 Å². The van der Waals surface area contributed by atoms with E-state index in [9.17, 15) is 9.90 Å². The molecule has 0 aliphatic heterocycles. The zero-order valence-corrected chi connectivity index (χ0v) is 11.8. The second kappa shape index (κ2) is 4.77. The molecule has 3 aromatic heterocycles. The first-order valence-corrected chi connectivity index (χ1v) is 6.87. The smallest absolute Gasteiger partial charge is 0.336 e. The molecular formula is C16H11N5O2. The molecule has 0 amide bonds. The standard InChI is InChI=1S/C16H11N5O2/c17-16-19-13-7-11(15(22)23)12(8-21(13)20-16)10-5-1-3-9-4-2-6-18-14(9)10/h1-8H,(H2,17,20)(H,22,23). The van der Waals surface area contributed by atoms with Gasteiger partial charge >= 0.3 is 5.97 Å². The lowest BCUT2D eigenvalue weighted by molar-refractivity contribution is 0.0697. The molecule has 4 rings (SSSR count). The van der Waals surface area contributed by atoms with Crippen LogP contribution in [0.25, 0.3) is 27.7 Å². The number of benzene rings is 1. The molecule has 3 heterocycles. The largest absolute Gasteiger partial charge is 0.478 e. The molecule has 3 N–H and O–H groups in total. The van der Waals surface area contributed by atoms with Crippen LogP contribution in [-0.4, -0.2) is 30.7 Å². The zero-order chi connectivity index (χ0) is 16.0. The molecule has 112 valence electrons. The van der Waals surface area contributed by atoms with Crippen LogP contribution in [0.2, 0.25) is 0 Å². The lowest BCUT2D eigenvalue weighted by atomic mass is 9.99. The maximum Gasteiger partial charge on any atom is 0.336 e. The molecule has 23 heavy (non-hydrogen) atoms. The van der Waals surface area contributed by atoms with E-state index in [0.29, 0.717) is 11.2 Å². The average molecular weight is 305 g/mol. The molecule has 0 spiro atoms. The molecule has 0 fully saturated rings. The minimum Gasteiger partial charge on any atom is -0.478 e. The third kappa shape index (κ3) is 2.06. The van der Waals surface area contributed by atoms with Crippen LogP contribution in [-0.2, 0) is 0 Å². The minimum atomic E-state index is -1.04.